The van der Waals surface area contributed by atoms with Crippen molar-refractivity contribution in [1.82, 2.24) is 0 Å². The molecule has 2 aromatic rings. The first kappa shape index (κ1) is 19.6. The van der Waals surface area contributed by atoms with Crippen LogP contribution in [0, 0.1) is 0 Å². The number of nitrogens with zero attached hydrogens (tertiary/aromatic N) is 1. The number of amides is 1. The highest BCUT2D eigenvalue weighted by Crippen LogP contribution is 2.41. The lowest BCUT2D eigenvalue weighted by molar-refractivity contribution is -0.125. The highest BCUT2D eigenvalue weighted by atomic mass is 35.5. The lowest BCUT2D eigenvalue weighted by Crippen LogP contribution is -2.45. The number of hydrogen-bond donors (Lipinski definition) is 1. The van der Waals surface area contributed by atoms with E-state index in [1.165, 1.54) is 11.3 Å². The third-order valence-corrected chi connectivity index (χ3v) is 6.49. The maximum atomic E-state index is 13.5. The normalized spacial score (nSPS) is 18.0. The van der Waals surface area contributed by atoms with Crippen molar-refractivity contribution < 1.29 is 9.53 Å². The van der Waals surface area contributed by atoms with Gasteiger partial charge >= 0.3 is 0 Å². The van der Waals surface area contributed by atoms with Crippen molar-refractivity contribution in [3.8, 4) is 0 Å². The molecule has 0 bridgehead atoms. The van der Waals surface area contributed by atoms with E-state index in [4.69, 9.17) is 27.9 Å². The van der Waals surface area contributed by atoms with Gasteiger partial charge in [0, 0.05) is 47.7 Å². The molecule has 4 nitrogen and oxygen atoms in total. The van der Waals surface area contributed by atoms with Gasteiger partial charge in [-0.3, -0.25) is 4.79 Å². The molecule has 0 radical (unpaired) electrons. The van der Waals surface area contributed by atoms with E-state index in [0.717, 1.165) is 30.8 Å². The minimum Gasteiger partial charge on any atom is -0.381 e. The first-order valence-electron chi connectivity index (χ1n) is 9.76. The van der Waals surface area contributed by atoms with Crippen molar-refractivity contribution in [1.29, 1.82) is 0 Å². The van der Waals surface area contributed by atoms with Crippen molar-refractivity contribution >= 4 is 40.5 Å². The Balaban J connectivity index is 1.66. The summed E-state index contributed by atoms with van der Waals surface area (Å²) >= 11 is 12.6. The van der Waals surface area contributed by atoms with Crippen molar-refractivity contribution in [2.24, 2.45) is 0 Å². The molecule has 148 valence electrons. The standard InChI is InChI=1S/C22H24Cl2N2O2/c1-2-26-10-7-15-3-5-17(14-20(15)26)25-21(27)22(8-11-28-12-9-22)18-6-4-16(23)13-19(18)24/h3-6,13-14H,2,7-12H2,1H3,(H,25,27). The Bertz CT molecular complexity index is 894. The summed E-state index contributed by atoms with van der Waals surface area (Å²) in [6.45, 7) is 5.21. The van der Waals surface area contributed by atoms with Crippen LogP contribution in [-0.2, 0) is 21.4 Å². The maximum absolute atomic E-state index is 13.5. The third-order valence-electron chi connectivity index (χ3n) is 5.94. The molecule has 1 fully saturated rings. The number of carbonyl (C=O) groups excluding carboxylic acids is 1. The fourth-order valence-electron chi connectivity index (χ4n) is 4.32. The number of nitrogens with one attached hydrogen (secondary N) is 1. The largest absolute Gasteiger partial charge is 0.381 e. The SMILES string of the molecule is CCN1CCc2ccc(NC(=O)C3(c4ccc(Cl)cc4Cl)CCOCC3)cc21. The topological polar surface area (TPSA) is 41.6 Å². The number of ether oxygens (including phenoxy) is 1. The first-order chi connectivity index (χ1) is 13.5. The fourth-order valence-corrected chi connectivity index (χ4v) is 4.91. The van der Waals surface area contributed by atoms with E-state index >= 15 is 0 Å². The van der Waals surface area contributed by atoms with E-state index < -0.39 is 5.41 Å². The third kappa shape index (κ3) is 3.49. The number of carbonyl (C=O) groups is 1. The van der Waals surface area contributed by atoms with Crippen LogP contribution in [0.15, 0.2) is 36.4 Å². The molecule has 0 atom stereocenters. The summed E-state index contributed by atoms with van der Waals surface area (Å²) in [5, 5.41) is 4.24. The van der Waals surface area contributed by atoms with Gasteiger partial charge in [0.05, 0.1) is 5.41 Å². The molecule has 6 heteroatoms. The van der Waals surface area contributed by atoms with Crippen LogP contribution in [0.1, 0.15) is 30.9 Å². The zero-order chi connectivity index (χ0) is 19.7. The number of rotatable bonds is 4. The van der Waals surface area contributed by atoms with Gasteiger partial charge in [-0.2, -0.15) is 0 Å². The smallest absolute Gasteiger partial charge is 0.235 e. The average Bonchev–Trinajstić information content (AvgIpc) is 3.11. The fraction of sp³-hybridized carbons (Fsp3) is 0.409. The quantitative estimate of drug-likeness (QED) is 0.753. The van der Waals surface area contributed by atoms with E-state index in [1.807, 2.05) is 12.1 Å². The zero-order valence-electron chi connectivity index (χ0n) is 15.9. The Kier molecular flexibility index (Phi) is 5.55. The molecule has 0 aromatic heterocycles. The minimum atomic E-state index is -0.719. The van der Waals surface area contributed by atoms with E-state index in [0.29, 0.717) is 36.1 Å². The van der Waals surface area contributed by atoms with E-state index in [2.05, 4.69) is 29.3 Å². The first-order valence-corrected chi connectivity index (χ1v) is 10.5. The van der Waals surface area contributed by atoms with Crippen LogP contribution in [0.4, 0.5) is 11.4 Å². The number of anilines is 2. The summed E-state index contributed by atoms with van der Waals surface area (Å²) in [5.41, 5.74) is 3.46. The van der Waals surface area contributed by atoms with E-state index in [1.54, 1.807) is 12.1 Å². The Labute approximate surface area is 175 Å². The van der Waals surface area contributed by atoms with Crippen LogP contribution < -0.4 is 10.2 Å². The molecule has 2 aliphatic heterocycles. The summed E-state index contributed by atoms with van der Waals surface area (Å²) < 4.78 is 5.54. The summed E-state index contributed by atoms with van der Waals surface area (Å²) in [6.07, 6.45) is 2.23. The molecular weight excluding hydrogens is 395 g/mol. The summed E-state index contributed by atoms with van der Waals surface area (Å²) in [6, 6.07) is 11.6. The van der Waals surface area contributed by atoms with Crippen molar-refractivity contribution in [3.63, 3.8) is 0 Å². The number of likely N-dealkylation sites (N-methyl/N-ethyl adjacent to an activating group) is 1. The van der Waals surface area contributed by atoms with Gasteiger partial charge in [-0.1, -0.05) is 35.3 Å². The molecule has 28 heavy (non-hydrogen) atoms. The average molecular weight is 419 g/mol. The molecule has 2 aliphatic rings. The van der Waals surface area contributed by atoms with Gasteiger partial charge in [0.25, 0.3) is 0 Å². The monoisotopic (exact) mass is 418 g/mol. The van der Waals surface area contributed by atoms with Crippen LogP contribution in [0.5, 0.6) is 0 Å². The molecule has 0 spiro atoms. The molecule has 2 aromatic carbocycles. The number of hydrogen-bond acceptors (Lipinski definition) is 3. The van der Waals surface area contributed by atoms with Crippen molar-refractivity contribution in [2.45, 2.75) is 31.6 Å². The Morgan fingerprint density at radius 2 is 1.96 bits per heavy atom. The number of fused-ring (bicyclic) bond motifs is 1. The highest BCUT2D eigenvalue weighted by Gasteiger charge is 2.43. The van der Waals surface area contributed by atoms with Gasteiger partial charge in [0.2, 0.25) is 5.91 Å². The molecule has 1 N–H and O–H groups in total. The van der Waals surface area contributed by atoms with E-state index in [-0.39, 0.29) is 5.91 Å². The van der Waals surface area contributed by atoms with Crippen LogP contribution in [-0.4, -0.2) is 32.2 Å². The predicted octanol–water partition coefficient (Wildman–Crippen LogP) is 5.06. The van der Waals surface area contributed by atoms with E-state index in [9.17, 15) is 4.79 Å². The Morgan fingerprint density at radius 3 is 2.68 bits per heavy atom. The van der Waals surface area contributed by atoms with Gasteiger partial charge in [0.15, 0.2) is 0 Å². The van der Waals surface area contributed by atoms with Crippen molar-refractivity contribution in [2.75, 3.05) is 36.5 Å². The second kappa shape index (κ2) is 7.94. The van der Waals surface area contributed by atoms with Gasteiger partial charge < -0.3 is 15.0 Å². The van der Waals surface area contributed by atoms with Crippen LogP contribution >= 0.6 is 23.2 Å². The minimum absolute atomic E-state index is 0.0407. The molecule has 0 aliphatic carbocycles. The lowest BCUT2D eigenvalue weighted by atomic mass is 9.73. The summed E-state index contributed by atoms with van der Waals surface area (Å²) in [5.74, 6) is -0.0407. The molecular formula is C22H24Cl2N2O2. The highest BCUT2D eigenvalue weighted by molar-refractivity contribution is 6.35. The molecule has 1 saturated heterocycles. The molecule has 0 saturated carbocycles. The molecule has 1 amide bonds. The van der Waals surface area contributed by atoms with Crippen LogP contribution in [0.25, 0.3) is 0 Å². The van der Waals surface area contributed by atoms with Crippen LogP contribution in [0.2, 0.25) is 10.0 Å². The lowest BCUT2D eigenvalue weighted by Gasteiger charge is -2.37. The summed E-state index contributed by atoms with van der Waals surface area (Å²) in [4.78, 5) is 15.8. The van der Waals surface area contributed by atoms with Crippen molar-refractivity contribution in [3.05, 3.63) is 57.6 Å². The Hall–Kier alpha value is -1.75. The number of halogens is 2. The molecule has 2 heterocycles. The van der Waals surface area contributed by atoms with Gasteiger partial charge in [-0.15, -0.1) is 0 Å². The molecule has 0 unspecified atom stereocenters. The van der Waals surface area contributed by atoms with Gasteiger partial charge in [0.1, 0.15) is 0 Å². The summed E-state index contributed by atoms with van der Waals surface area (Å²) in [7, 11) is 0. The molecule has 4 rings (SSSR count). The van der Waals surface area contributed by atoms with Gasteiger partial charge in [-0.25, -0.2) is 0 Å². The Morgan fingerprint density at radius 1 is 1.18 bits per heavy atom. The van der Waals surface area contributed by atoms with Crippen LogP contribution in [0.3, 0.4) is 0 Å². The van der Waals surface area contributed by atoms with Gasteiger partial charge in [-0.05, 0) is 61.6 Å². The number of benzene rings is 2. The second-order valence-corrected chi connectivity index (χ2v) is 8.29. The maximum Gasteiger partial charge on any atom is 0.235 e. The second-order valence-electron chi connectivity index (χ2n) is 7.45. The zero-order valence-corrected chi connectivity index (χ0v) is 17.4. The predicted molar refractivity (Wildman–Crippen MR) is 115 cm³/mol.